The number of anilines is 3. The van der Waals surface area contributed by atoms with Crippen LogP contribution in [0.3, 0.4) is 0 Å². The first kappa shape index (κ1) is 19.6. The van der Waals surface area contributed by atoms with Crippen molar-refractivity contribution in [3.05, 3.63) is 59.9 Å². The standard InChI is InChI=1S/C22H26N4O2/c1-16(27)25-19-8-5-9-20(13-19)26-22(28)18-12-21(15-23-14-18)24-11-10-17-6-3-2-4-7-17/h5-6,8-9,12-15,24H,2-4,7,10-11H2,1H3,(H,25,27)(H,26,28). The van der Waals surface area contributed by atoms with Gasteiger partial charge in [0.25, 0.3) is 5.91 Å². The molecule has 1 aliphatic rings. The van der Waals surface area contributed by atoms with Gasteiger partial charge in [-0.15, -0.1) is 0 Å². The Kier molecular flexibility index (Phi) is 6.78. The highest BCUT2D eigenvalue weighted by Gasteiger charge is 2.09. The number of nitrogens with zero attached hydrogens (tertiary/aromatic N) is 1. The largest absolute Gasteiger partial charge is 0.383 e. The second-order valence-corrected chi connectivity index (χ2v) is 6.96. The SMILES string of the molecule is CC(=O)Nc1cccc(NC(=O)c2cncc(NCCC3=CCCCC3)c2)c1. The monoisotopic (exact) mass is 378 g/mol. The van der Waals surface area contributed by atoms with E-state index in [9.17, 15) is 9.59 Å². The maximum atomic E-state index is 12.5. The van der Waals surface area contributed by atoms with Crippen molar-refractivity contribution in [3.63, 3.8) is 0 Å². The first-order chi connectivity index (χ1) is 13.6. The highest BCUT2D eigenvalue weighted by Crippen LogP contribution is 2.20. The molecule has 1 aromatic heterocycles. The van der Waals surface area contributed by atoms with E-state index in [0.717, 1.165) is 18.7 Å². The molecule has 1 heterocycles. The number of amides is 2. The van der Waals surface area contributed by atoms with Crippen LogP contribution in [0.15, 0.2) is 54.4 Å². The van der Waals surface area contributed by atoms with Crippen molar-refractivity contribution < 1.29 is 9.59 Å². The predicted octanol–water partition coefficient (Wildman–Crippen LogP) is 4.59. The maximum Gasteiger partial charge on any atom is 0.257 e. The summed E-state index contributed by atoms with van der Waals surface area (Å²) < 4.78 is 0. The normalized spacial score (nSPS) is 13.4. The van der Waals surface area contributed by atoms with E-state index >= 15 is 0 Å². The zero-order valence-electron chi connectivity index (χ0n) is 16.1. The van der Waals surface area contributed by atoms with Crippen LogP contribution in [0.25, 0.3) is 0 Å². The van der Waals surface area contributed by atoms with Gasteiger partial charge in [0.1, 0.15) is 0 Å². The summed E-state index contributed by atoms with van der Waals surface area (Å²) >= 11 is 0. The molecule has 0 saturated carbocycles. The molecule has 3 N–H and O–H groups in total. The van der Waals surface area contributed by atoms with Crippen LogP contribution in [0.5, 0.6) is 0 Å². The quantitative estimate of drug-likeness (QED) is 0.615. The summed E-state index contributed by atoms with van der Waals surface area (Å²) in [5.41, 5.74) is 4.07. The molecule has 2 aromatic rings. The van der Waals surface area contributed by atoms with Gasteiger partial charge in [0, 0.05) is 37.2 Å². The molecule has 3 rings (SSSR count). The van der Waals surface area contributed by atoms with Crippen LogP contribution >= 0.6 is 0 Å². The predicted molar refractivity (Wildman–Crippen MR) is 113 cm³/mol. The Morgan fingerprint density at radius 1 is 1.04 bits per heavy atom. The number of hydrogen-bond acceptors (Lipinski definition) is 4. The number of rotatable bonds is 7. The van der Waals surface area contributed by atoms with E-state index < -0.39 is 0 Å². The van der Waals surface area contributed by atoms with Gasteiger partial charge in [-0.25, -0.2) is 0 Å². The van der Waals surface area contributed by atoms with Gasteiger partial charge in [-0.05, 0) is 56.4 Å². The van der Waals surface area contributed by atoms with Gasteiger partial charge in [0.2, 0.25) is 5.91 Å². The van der Waals surface area contributed by atoms with Gasteiger partial charge >= 0.3 is 0 Å². The lowest BCUT2D eigenvalue weighted by Gasteiger charge is -2.13. The van der Waals surface area contributed by atoms with Crippen molar-refractivity contribution in [1.29, 1.82) is 0 Å². The first-order valence-electron chi connectivity index (χ1n) is 9.66. The summed E-state index contributed by atoms with van der Waals surface area (Å²) in [4.78, 5) is 27.9. The lowest BCUT2D eigenvalue weighted by Crippen LogP contribution is -2.13. The van der Waals surface area contributed by atoms with Crippen molar-refractivity contribution in [1.82, 2.24) is 4.98 Å². The minimum atomic E-state index is -0.244. The minimum absolute atomic E-state index is 0.157. The molecule has 0 saturated heterocycles. The van der Waals surface area contributed by atoms with E-state index in [0.29, 0.717) is 16.9 Å². The molecule has 1 aromatic carbocycles. The average Bonchev–Trinajstić information content (AvgIpc) is 2.69. The fraction of sp³-hybridized carbons (Fsp3) is 0.318. The number of nitrogens with one attached hydrogen (secondary N) is 3. The van der Waals surface area contributed by atoms with E-state index in [1.807, 2.05) is 0 Å². The Morgan fingerprint density at radius 3 is 2.61 bits per heavy atom. The lowest BCUT2D eigenvalue weighted by atomic mass is 9.97. The Labute approximate surface area is 165 Å². The number of pyridine rings is 1. The van der Waals surface area contributed by atoms with Crippen molar-refractivity contribution >= 4 is 28.9 Å². The van der Waals surface area contributed by atoms with Crippen molar-refractivity contribution in [2.75, 3.05) is 22.5 Å². The van der Waals surface area contributed by atoms with E-state index in [-0.39, 0.29) is 11.8 Å². The Morgan fingerprint density at radius 2 is 1.86 bits per heavy atom. The van der Waals surface area contributed by atoms with Crippen molar-refractivity contribution in [2.45, 2.75) is 39.0 Å². The van der Waals surface area contributed by atoms with Crippen LogP contribution < -0.4 is 16.0 Å². The molecule has 0 spiro atoms. The average molecular weight is 378 g/mol. The van der Waals surface area contributed by atoms with E-state index in [4.69, 9.17) is 0 Å². The Bertz CT molecular complexity index is 876. The van der Waals surface area contributed by atoms with Crippen LogP contribution in [0.1, 0.15) is 49.4 Å². The first-order valence-corrected chi connectivity index (χ1v) is 9.66. The molecule has 1 aliphatic carbocycles. The summed E-state index contributed by atoms with van der Waals surface area (Å²) in [5.74, 6) is -0.401. The summed E-state index contributed by atoms with van der Waals surface area (Å²) in [6.07, 6.45) is 11.6. The third-order valence-corrected chi connectivity index (χ3v) is 4.60. The van der Waals surface area contributed by atoms with E-state index in [2.05, 4.69) is 27.0 Å². The third-order valence-electron chi connectivity index (χ3n) is 4.60. The molecule has 6 heteroatoms. The fourth-order valence-corrected chi connectivity index (χ4v) is 3.24. The summed E-state index contributed by atoms with van der Waals surface area (Å²) in [5, 5.41) is 8.89. The maximum absolute atomic E-state index is 12.5. The topological polar surface area (TPSA) is 83.1 Å². The van der Waals surface area contributed by atoms with Gasteiger partial charge in [0.05, 0.1) is 11.3 Å². The highest BCUT2D eigenvalue weighted by molar-refractivity contribution is 6.05. The van der Waals surface area contributed by atoms with Gasteiger partial charge < -0.3 is 16.0 Å². The van der Waals surface area contributed by atoms with E-state index in [1.54, 1.807) is 42.7 Å². The number of hydrogen-bond donors (Lipinski definition) is 3. The van der Waals surface area contributed by atoms with Gasteiger partial charge in [0.15, 0.2) is 0 Å². The smallest absolute Gasteiger partial charge is 0.257 e. The van der Waals surface area contributed by atoms with Crippen LogP contribution in [0.4, 0.5) is 17.1 Å². The molecule has 0 bridgehead atoms. The molecular formula is C22H26N4O2. The van der Waals surface area contributed by atoms with Gasteiger partial charge in [-0.2, -0.15) is 0 Å². The molecular weight excluding hydrogens is 352 g/mol. The number of carbonyl (C=O) groups excluding carboxylic acids is 2. The van der Waals surface area contributed by atoms with Crippen LogP contribution in [-0.4, -0.2) is 23.3 Å². The van der Waals surface area contributed by atoms with E-state index in [1.165, 1.54) is 38.2 Å². The number of allylic oxidation sites excluding steroid dienone is 1. The molecule has 2 amide bonds. The lowest BCUT2D eigenvalue weighted by molar-refractivity contribution is -0.114. The number of aromatic nitrogens is 1. The molecule has 146 valence electrons. The van der Waals surface area contributed by atoms with Crippen LogP contribution in [-0.2, 0) is 4.79 Å². The molecule has 0 radical (unpaired) electrons. The Balaban J connectivity index is 1.57. The van der Waals surface area contributed by atoms with Crippen molar-refractivity contribution in [3.8, 4) is 0 Å². The summed E-state index contributed by atoms with van der Waals surface area (Å²) in [6, 6.07) is 8.83. The second-order valence-electron chi connectivity index (χ2n) is 6.96. The van der Waals surface area contributed by atoms with Gasteiger partial charge in [-0.3, -0.25) is 14.6 Å². The van der Waals surface area contributed by atoms with Crippen LogP contribution in [0, 0.1) is 0 Å². The van der Waals surface area contributed by atoms with Crippen LogP contribution in [0.2, 0.25) is 0 Å². The number of benzene rings is 1. The minimum Gasteiger partial charge on any atom is -0.383 e. The van der Waals surface area contributed by atoms with Crippen molar-refractivity contribution in [2.24, 2.45) is 0 Å². The highest BCUT2D eigenvalue weighted by atomic mass is 16.2. The number of carbonyl (C=O) groups is 2. The fourth-order valence-electron chi connectivity index (χ4n) is 3.24. The van der Waals surface area contributed by atoms with Gasteiger partial charge in [-0.1, -0.05) is 17.7 Å². The molecule has 0 fully saturated rings. The third kappa shape index (κ3) is 5.94. The molecule has 0 unspecified atom stereocenters. The molecule has 6 nitrogen and oxygen atoms in total. The molecule has 0 aliphatic heterocycles. The Hall–Kier alpha value is -3.15. The summed E-state index contributed by atoms with van der Waals surface area (Å²) in [7, 11) is 0. The second kappa shape index (κ2) is 9.69. The molecule has 0 atom stereocenters. The zero-order chi connectivity index (χ0) is 19.8. The summed E-state index contributed by atoms with van der Waals surface area (Å²) in [6.45, 7) is 2.28. The zero-order valence-corrected chi connectivity index (χ0v) is 16.1. The molecule has 28 heavy (non-hydrogen) atoms.